The molecule has 0 radical (unpaired) electrons. The lowest BCUT2D eigenvalue weighted by atomic mass is 10.1. The summed E-state index contributed by atoms with van der Waals surface area (Å²) in [5.74, 6) is -0.107. The highest BCUT2D eigenvalue weighted by atomic mass is 19.1. The Morgan fingerprint density at radius 2 is 1.94 bits per heavy atom. The van der Waals surface area contributed by atoms with Crippen molar-refractivity contribution in [1.29, 1.82) is 0 Å². The van der Waals surface area contributed by atoms with E-state index in [2.05, 4.69) is 23.8 Å². The van der Waals surface area contributed by atoms with E-state index in [-0.39, 0.29) is 5.83 Å². The first-order chi connectivity index (χ1) is 8.47. The maximum Gasteiger partial charge on any atom is 0.114 e. The Morgan fingerprint density at radius 1 is 1.33 bits per heavy atom. The van der Waals surface area contributed by atoms with Gasteiger partial charge in [0.2, 0.25) is 0 Å². The molecule has 1 heterocycles. The van der Waals surface area contributed by atoms with Crippen LogP contribution in [-0.2, 0) is 0 Å². The van der Waals surface area contributed by atoms with E-state index in [9.17, 15) is 4.39 Å². The molecule has 0 spiro atoms. The maximum atomic E-state index is 13.7. The lowest BCUT2D eigenvalue weighted by molar-refractivity contribution is 0.235. The second-order valence-electron chi connectivity index (χ2n) is 5.28. The molecule has 18 heavy (non-hydrogen) atoms. The lowest BCUT2D eigenvalue weighted by Gasteiger charge is -2.29. The molecule has 0 aromatic rings. The summed E-state index contributed by atoms with van der Waals surface area (Å²) in [5, 5.41) is 3.28. The Morgan fingerprint density at radius 3 is 2.50 bits per heavy atom. The molecule has 0 aromatic carbocycles. The Bertz CT molecular complexity index is 336. The van der Waals surface area contributed by atoms with Crippen LogP contribution >= 0.6 is 0 Å². The Kier molecular flexibility index (Phi) is 6.30. The predicted molar refractivity (Wildman–Crippen MR) is 76.3 cm³/mol. The Labute approximate surface area is 110 Å². The number of nitrogens with zero attached hydrogens (tertiary/aromatic N) is 1. The highest BCUT2D eigenvalue weighted by Crippen LogP contribution is 2.10. The largest absolute Gasteiger partial charge is 0.308 e. The first kappa shape index (κ1) is 15.1. The van der Waals surface area contributed by atoms with Crippen molar-refractivity contribution in [3.05, 3.63) is 35.7 Å². The molecule has 1 N–H and O–H groups in total. The summed E-state index contributed by atoms with van der Waals surface area (Å²) in [4.78, 5) is 2.31. The lowest BCUT2D eigenvalue weighted by Crippen LogP contribution is -2.41. The number of nitrogens with one attached hydrogen (secondary N) is 1. The third-order valence-electron chi connectivity index (χ3n) is 3.14. The summed E-state index contributed by atoms with van der Waals surface area (Å²) in [6.45, 7) is 10.1. The Balaban J connectivity index is 2.34. The first-order valence-corrected chi connectivity index (χ1v) is 6.59. The van der Waals surface area contributed by atoms with E-state index in [1.165, 1.54) is 0 Å². The van der Waals surface area contributed by atoms with E-state index in [0.717, 1.165) is 37.1 Å². The van der Waals surface area contributed by atoms with Gasteiger partial charge in [0.1, 0.15) is 5.83 Å². The molecule has 2 nitrogen and oxygen atoms in total. The van der Waals surface area contributed by atoms with Gasteiger partial charge in [0.15, 0.2) is 0 Å². The number of rotatable bonds is 5. The third kappa shape index (κ3) is 6.12. The zero-order chi connectivity index (χ0) is 13.5. The molecular weight excluding hydrogens is 227 g/mol. The fourth-order valence-electron chi connectivity index (χ4n) is 2.18. The smallest absolute Gasteiger partial charge is 0.114 e. The summed E-state index contributed by atoms with van der Waals surface area (Å²) < 4.78 is 13.7. The van der Waals surface area contributed by atoms with Crippen LogP contribution in [0.1, 0.15) is 26.7 Å². The van der Waals surface area contributed by atoms with Crippen molar-refractivity contribution in [3.8, 4) is 0 Å². The number of hydrogen-bond acceptors (Lipinski definition) is 2. The average molecular weight is 252 g/mol. The summed E-state index contributed by atoms with van der Waals surface area (Å²) in [6.07, 6.45) is 5.67. The van der Waals surface area contributed by atoms with E-state index < -0.39 is 0 Å². The van der Waals surface area contributed by atoms with E-state index in [1.54, 1.807) is 6.08 Å². The van der Waals surface area contributed by atoms with E-state index in [1.807, 2.05) is 19.9 Å². The van der Waals surface area contributed by atoms with Gasteiger partial charge in [0.05, 0.1) is 0 Å². The van der Waals surface area contributed by atoms with Crippen LogP contribution in [0.4, 0.5) is 4.39 Å². The summed E-state index contributed by atoms with van der Waals surface area (Å²) in [6, 6.07) is 0.450. The molecule has 1 aliphatic heterocycles. The fourth-order valence-corrected chi connectivity index (χ4v) is 2.18. The number of halogens is 1. The van der Waals surface area contributed by atoms with E-state index in [4.69, 9.17) is 0 Å². The standard InChI is InChI=1S/C15H25FN2/c1-12(2)9-13(3)10-14(16)11-17-15-5-7-18(4)8-6-15/h9-10,15,17H,1,5-8,11H2,2-4H3/b13-9-,14-10+. The fraction of sp³-hybridized carbons (Fsp3) is 0.600. The maximum absolute atomic E-state index is 13.7. The molecular formula is C15H25FN2. The van der Waals surface area contributed by atoms with Gasteiger partial charge < -0.3 is 10.2 Å². The van der Waals surface area contributed by atoms with Gasteiger partial charge in [-0.1, -0.05) is 18.2 Å². The number of hydrogen-bond donors (Lipinski definition) is 1. The molecule has 1 aliphatic rings. The average Bonchev–Trinajstić information content (AvgIpc) is 2.27. The predicted octanol–water partition coefficient (Wildman–Crippen LogP) is 3.05. The molecule has 0 amide bonds. The molecule has 0 aliphatic carbocycles. The van der Waals surface area contributed by atoms with Crippen molar-refractivity contribution >= 4 is 0 Å². The normalized spacial score (nSPS) is 20.2. The van der Waals surface area contributed by atoms with Crippen LogP contribution in [0.5, 0.6) is 0 Å². The van der Waals surface area contributed by atoms with Crippen LogP contribution < -0.4 is 5.32 Å². The monoisotopic (exact) mass is 252 g/mol. The second kappa shape index (κ2) is 7.49. The van der Waals surface area contributed by atoms with Crippen LogP contribution in [0.2, 0.25) is 0 Å². The van der Waals surface area contributed by atoms with E-state index >= 15 is 0 Å². The van der Waals surface area contributed by atoms with Crippen LogP contribution in [-0.4, -0.2) is 37.6 Å². The number of piperidine rings is 1. The van der Waals surface area contributed by atoms with Crippen LogP contribution in [0, 0.1) is 0 Å². The van der Waals surface area contributed by atoms with Crippen LogP contribution in [0.3, 0.4) is 0 Å². The van der Waals surface area contributed by atoms with Crippen molar-refractivity contribution in [2.75, 3.05) is 26.7 Å². The minimum atomic E-state index is -0.107. The van der Waals surface area contributed by atoms with Gasteiger partial charge in [0.25, 0.3) is 0 Å². The molecule has 0 aromatic heterocycles. The summed E-state index contributed by atoms with van der Waals surface area (Å²) in [5.41, 5.74) is 1.85. The minimum Gasteiger partial charge on any atom is -0.308 e. The van der Waals surface area contributed by atoms with Crippen molar-refractivity contribution in [3.63, 3.8) is 0 Å². The molecule has 1 saturated heterocycles. The molecule has 0 unspecified atom stereocenters. The molecule has 0 atom stereocenters. The SMILES string of the molecule is C=C(C)/C=C(C)\C=C(\F)CNC1CCN(C)CC1. The molecule has 0 bridgehead atoms. The third-order valence-corrected chi connectivity index (χ3v) is 3.14. The molecule has 0 saturated carbocycles. The molecule has 102 valence electrons. The number of likely N-dealkylation sites (tertiary alicyclic amines) is 1. The summed E-state index contributed by atoms with van der Waals surface area (Å²) in [7, 11) is 2.13. The van der Waals surface area contributed by atoms with Gasteiger partial charge in [-0.15, -0.1) is 0 Å². The van der Waals surface area contributed by atoms with Gasteiger partial charge in [-0.05, 0) is 58.5 Å². The van der Waals surface area contributed by atoms with Gasteiger partial charge >= 0.3 is 0 Å². The molecule has 1 rings (SSSR count). The zero-order valence-corrected chi connectivity index (χ0v) is 11.8. The molecule has 3 heteroatoms. The van der Waals surface area contributed by atoms with Gasteiger partial charge in [-0.2, -0.15) is 0 Å². The van der Waals surface area contributed by atoms with Crippen molar-refractivity contribution in [1.82, 2.24) is 10.2 Å². The van der Waals surface area contributed by atoms with Gasteiger partial charge in [-0.3, -0.25) is 0 Å². The van der Waals surface area contributed by atoms with Crippen LogP contribution in [0.15, 0.2) is 35.7 Å². The Hall–Kier alpha value is -0.930. The quantitative estimate of drug-likeness (QED) is 0.757. The summed E-state index contributed by atoms with van der Waals surface area (Å²) >= 11 is 0. The van der Waals surface area contributed by atoms with Gasteiger partial charge in [0, 0.05) is 12.6 Å². The minimum absolute atomic E-state index is 0.107. The van der Waals surface area contributed by atoms with Crippen molar-refractivity contribution < 1.29 is 4.39 Å². The highest BCUT2D eigenvalue weighted by Gasteiger charge is 2.15. The van der Waals surface area contributed by atoms with Gasteiger partial charge in [-0.25, -0.2) is 4.39 Å². The van der Waals surface area contributed by atoms with Crippen molar-refractivity contribution in [2.45, 2.75) is 32.7 Å². The van der Waals surface area contributed by atoms with Crippen molar-refractivity contribution in [2.24, 2.45) is 0 Å². The van der Waals surface area contributed by atoms with Crippen LogP contribution in [0.25, 0.3) is 0 Å². The highest BCUT2D eigenvalue weighted by molar-refractivity contribution is 5.27. The number of allylic oxidation sites excluding steroid dienone is 4. The molecule has 1 fully saturated rings. The first-order valence-electron chi connectivity index (χ1n) is 6.59. The topological polar surface area (TPSA) is 15.3 Å². The second-order valence-corrected chi connectivity index (χ2v) is 5.28. The zero-order valence-electron chi connectivity index (χ0n) is 11.8. The van der Waals surface area contributed by atoms with E-state index in [0.29, 0.717) is 12.6 Å².